The van der Waals surface area contributed by atoms with Gasteiger partial charge in [0, 0.05) is 39.3 Å². The average Bonchev–Trinajstić information content (AvgIpc) is 3.61. The first-order valence-corrected chi connectivity index (χ1v) is 16.6. The molecule has 0 bridgehead atoms. The van der Waals surface area contributed by atoms with Crippen LogP contribution in [0.2, 0.25) is 0 Å². The van der Waals surface area contributed by atoms with Gasteiger partial charge in [0.05, 0.1) is 9.68 Å². The minimum atomic E-state index is -4.56. The first kappa shape index (κ1) is 29.0. The van der Waals surface area contributed by atoms with Crippen LogP contribution in [0.15, 0.2) is 76.6 Å². The predicted molar refractivity (Wildman–Crippen MR) is 181 cm³/mol. The number of rotatable bonds is 13. The molecule has 1 aliphatic rings. The van der Waals surface area contributed by atoms with Gasteiger partial charge < -0.3 is 14.4 Å². The molecule has 5 rings (SSSR count). The predicted octanol–water partition coefficient (Wildman–Crippen LogP) is 7.53. The van der Waals surface area contributed by atoms with Crippen molar-refractivity contribution in [2.24, 2.45) is 0 Å². The summed E-state index contributed by atoms with van der Waals surface area (Å²) in [5.74, 6) is -0.961. The maximum Gasteiger partial charge on any atom is 0.416 e. The van der Waals surface area contributed by atoms with Crippen molar-refractivity contribution in [2.75, 3.05) is 26.2 Å². The molecule has 1 amide bonds. The maximum absolute atomic E-state index is 14.4. The van der Waals surface area contributed by atoms with Crippen LogP contribution < -0.4 is 5.56 Å². The number of benzene rings is 3. The summed E-state index contributed by atoms with van der Waals surface area (Å²) in [5, 5.41) is -0.0119. The summed E-state index contributed by atoms with van der Waals surface area (Å²) in [5.41, 5.74) is -1.58. The Bertz CT molecular complexity index is 2010. The highest BCUT2D eigenvalue weighted by Gasteiger charge is 2.30. The zero-order chi connectivity index (χ0) is 38.8. The van der Waals surface area contributed by atoms with E-state index < -0.39 is 34.7 Å². The molecule has 3 aromatic carbocycles. The van der Waals surface area contributed by atoms with E-state index in [-0.39, 0.29) is 65.2 Å². The first-order valence-electron chi connectivity index (χ1n) is 18.3. The Morgan fingerprint density at radius 2 is 1.73 bits per heavy atom. The SMILES string of the molecule is [2H]c1c([2H])c(-c2ccc(C(F)(F)F)cc2)c([2H])c(C)c1CN(CCN(CC)CC)C(=O)Cn1c(SC([2H])([2H])c2ccc(F)cc2)nc(=O)c2c1CCC2. The largest absolute Gasteiger partial charge is 0.416 e. The molecular formula is C37H40F4N4O2S. The number of nitrogens with zero attached hydrogens (tertiary/aromatic N) is 4. The standard InChI is InChI=1S/C37H40F4N4O2S/c1-4-43(5-2)19-20-44(22-29-12-11-28(21-25(29)3)27-13-15-30(16-14-27)37(39,40)41)34(46)23-45-33-8-6-7-32(33)35(47)42-36(45)48-24-26-9-17-31(38)18-10-26/h9-18,21H,4-8,19-20,22-24H2,1-3H3/i11D,12D,21D,24D2. The minimum absolute atomic E-state index is 0.0119. The van der Waals surface area contributed by atoms with Crippen molar-refractivity contribution >= 4 is 17.7 Å². The molecule has 48 heavy (non-hydrogen) atoms. The van der Waals surface area contributed by atoms with E-state index in [2.05, 4.69) is 9.88 Å². The van der Waals surface area contributed by atoms with Crippen molar-refractivity contribution in [3.63, 3.8) is 0 Å². The Morgan fingerprint density at radius 1 is 1.02 bits per heavy atom. The van der Waals surface area contributed by atoms with E-state index >= 15 is 0 Å². The zero-order valence-electron chi connectivity index (χ0n) is 32.0. The summed E-state index contributed by atoms with van der Waals surface area (Å²) in [6.07, 6.45) is -2.98. The molecule has 0 spiro atoms. The molecule has 0 fully saturated rings. The summed E-state index contributed by atoms with van der Waals surface area (Å²) < 4.78 is 99.0. The quantitative estimate of drug-likeness (QED) is 0.0828. The van der Waals surface area contributed by atoms with E-state index in [0.29, 0.717) is 67.5 Å². The molecule has 1 heterocycles. The van der Waals surface area contributed by atoms with Gasteiger partial charge in [0.15, 0.2) is 5.16 Å². The van der Waals surface area contributed by atoms with E-state index in [1.807, 2.05) is 13.8 Å². The highest BCUT2D eigenvalue weighted by Crippen LogP contribution is 2.32. The van der Waals surface area contributed by atoms with Gasteiger partial charge >= 0.3 is 6.18 Å². The van der Waals surface area contributed by atoms with Crippen LogP contribution in [-0.4, -0.2) is 51.4 Å². The van der Waals surface area contributed by atoms with E-state index in [1.165, 1.54) is 29.2 Å². The van der Waals surface area contributed by atoms with Crippen molar-refractivity contribution in [1.29, 1.82) is 0 Å². The van der Waals surface area contributed by atoms with Crippen molar-refractivity contribution in [3.05, 3.63) is 116 Å². The van der Waals surface area contributed by atoms with E-state index in [1.54, 1.807) is 11.5 Å². The number of thioether (sulfide) groups is 1. The zero-order valence-corrected chi connectivity index (χ0v) is 27.8. The number of alkyl halides is 3. The van der Waals surface area contributed by atoms with Crippen LogP contribution in [0, 0.1) is 12.7 Å². The topological polar surface area (TPSA) is 58.4 Å². The van der Waals surface area contributed by atoms with Gasteiger partial charge in [-0.15, -0.1) is 0 Å². The third-order valence-corrected chi connectivity index (χ3v) is 9.32. The fourth-order valence-electron chi connectivity index (χ4n) is 5.62. The molecule has 0 N–H and O–H groups in total. The molecule has 11 heteroatoms. The normalized spacial score (nSPS) is 14.6. The number of hydrogen-bond acceptors (Lipinski definition) is 5. The Labute approximate surface area is 289 Å². The van der Waals surface area contributed by atoms with Crippen LogP contribution in [-0.2, 0) is 42.6 Å². The summed E-state index contributed by atoms with van der Waals surface area (Å²) in [4.78, 5) is 35.3. The number of amides is 1. The highest BCUT2D eigenvalue weighted by atomic mass is 32.2. The highest BCUT2D eigenvalue weighted by molar-refractivity contribution is 7.98. The van der Waals surface area contributed by atoms with Crippen LogP contribution in [0.3, 0.4) is 0 Å². The summed E-state index contributed by atoms with van der Waals surface area (Å²) >= 11 is 0.647. The van der Waals surface area contributed by atoms with Gasteiger partial charge in [-0.3, -0.25) is 9.59 Å². The van der Waals surface area contributed by atoms with Gasteiger partial charge in [0.2, 0.25) is 5.91 Å². The lowest BCUT2D eigenvalue weighted by Gasteiger charge is -2.28. The summed E-state index contributed by atoms with van der Waals surface area (Å²) in [7, 11) is 0. The van der Waals surface area contributed by atoms with Crippen LogP contribution in [0.1, 0.15) is 60.6 Å². The molecule has 0 unspecified atom stereocenters. The Hall–Kier alpha value is -3.96. The van der Waals surface area contributed by atoms with Crippen LogP contribution in [0.5, 0.6) is 0 Å². The molecule has 254 valence electrons. The van der Waals surface area contributed by atoms with E-state index in [0.717, 1.165) is 24.3 Å². The van der Waals surface area contributed by atoms with Gasteiger partial charge in [-0.1, -0.05) is 68.0 Å². The van der Waals surface area contributed by atoms with Crippen LogP contribution >= 0.6 is 11.8 Å². The molecule has 0 saturated heterocycles. The molecular weight excluding hydrogens is 640 g/mol. The molecule has 1 aliphatic carbocycles. The van der Waals surface area contributed by atoms with Crippen molar-refractivity contribution in [2.45, 2.75) is 70.2 Å². The van der Waals surface area contributed by atoms with Gasteiger partial charge in [-0.25, -0.2) is 4.39 Å². The lowest BCUT2D eigenvalue weighted by atomic mass is 9.98. The number of hydrogen-bond donors (Lipinski definition) is 0. The molecule has 6 nitrogen and oxygen atoms in total. The second-order valence-electron chi connectivity index (χ2n) is 11.5. The van der Waals surface area contributed by atoms with Gasteiger partial charge in [0.25, 0.3) is 5.56 Å². The first-order chi connectivity index (χ1) is 25.0. The summed E-state index contributed by atoms with van der Waals surface area (Å²) in [6, 6.07) is 8.24. The third kappa shape index (κ3) is 8.54. The Kier molecular flexibility index (Phi) is 9.37. The molecule has 0 radical (unpaired) electrons. The average molecular weight is 686 g/mol. The Morgan fingerprint density at radius 3 is 2.40 bits per heavy atom. The Balaban J connectivity index is 1.52. The number of carbonyl (C=O) groups excluding carboxylic acids is 1. The number of likely N-dealkylation sites (N-methyl/N-ethyl adjacent to an activating group) is 1. The molecule has 1 aromatic heterocycles. The fraction of sp³-hybridized carbons (Fsp3) is 0.378. The number of carbonyl (C=O) groups is 1. The number of aromatic nitrogens is 2. The van der Waals surface area contributed by atoms with Crippen molar-refractivity contribution < 1.29 is 29.2 Å². The van der Waals surface area contributed by atoms with Crippen molar-refractivity contribution in [3.8, 4) is 11.1 Å². The smallest absolute Gasteiger partial charge is 0.336 e. The minimum Gasteiger partial charge on any atom is -0.336 e. The van der Waals surface area contributed by atoms with E-state index in [4.69, 9.17) is 6.85 Å². The number of fused-ring (bicyclic) bond motifs is 1. The molecule has 4 aromatic rings. The lowest BCUT2D eigenvalue weighted by Crippen LogP contribution is -2.40. The lowest BCUT2D eigenvalue weighted by molar-refractivity contribution is -0.137. The second kappa shape index (κ2) is 15.5. The monoisotopic (exact) mass is 685 g/mol. The maximum atomic E-state index is 14.4. The molecule has 0 saturated carbocycles. The van der Waals surface area contributed by atoms with Crippen molar-refractivity contribution in [1.82, 2.24) is 19.4 Å². The van der Waals surface area contributed by atoms with E-state index in [9.17, 15) is 27.2 Å². The second-order valence-corrected chi connectivity index (χ2v) is 12.3. The molecule has 0 aliphatic heterocycles. The van der Waals surface area contributed by atoms with Gasteiger partial charge in [-0.2, -0.15) is 18.2 Å². The molecule has 0 atom stereocenters. The fourth-order valence-corrected chi connectivity index (χ4v) is 6.38. The van der Waals surface area contributed by atoms with Crippen LogP contribution in [0.4, 0.5) is 17.6 Å². The third-order valence-electron chi connectivity index (χ3n) is 8.49. The van der Waals surface area contributed by atoms with Crippen LogP contribution in [0.25, 0.3) is 11.1 Å². The number of halogens is 4. The van der Waals surface area contributed by atoms with Gasteiger partial charge in [-0.05, 0) is 91.4 Å². The van der Waals surface area contributed by atoms with Gasteiger partial charge in [0.1, 0.15) is 12.4 Å². The summed E-state index contributed by atoms with van der Waals surface area (Å²) in [6.45, 7) is 7.15.